The van der Waals surface area contributed by atoms with Gasteiger partial charge in [0.25, 0.3) is 5.91 Å². The number of carbonyl (C=O) groups excluding carboxylic acids is 1. The zero-order chi connectivity index (χ0) is 11.4. The van der Waals surface area contributed by atoms with Crippen LogP contribution in [0.5, 0.6) is 0 Å². The molecule has 0 spiro atoms. The van der Waals surface area contributed by atoms with Crippen LogP contribution in [0.2, 0.25) is 5.15 Å². The molecule has 1 aromatic rings. The minimum atomic E-state index is -0.387. The quantitative estimate of drug-likeness (QED) is 0.799. The second-order valence-electron chi connectivity index (χ2n) is 2.81. The van der Waals surface area contributed by atoms with E-state index in [4.69, 9.17) is 28.9 Å². The van der Waals surface area contributed by atoms with Crippen LogP contribution in [0.15, 0.2) is 23.9 Å². The summed E-state index contributed by atoms with van der Waals surface area (Å²) in [6, 6.07) is 1.45. The average molecular weight is 246 g/mol. The molecule has 15 heavy (non-hydrogen) atoms. The second-order valence-corrected chi connectivity index (χ2v) is 3.70. The van der Waals surface area contributed by atoms with Crippen LogP contribution in [0.3, 0.4) is 0 Å². The molecule has 0 atom stereocenters. The van der Waals surface area contributed by atoms with E-state index < -0.39 is 0 Å². The first-order valence-electron chi connectivity index (χ1n) is 4.03. The van der Waals surface area contributed by atoms with Crippen molar-refractivity contribution in [3.8, 4) is 0 Å². The summed E-state index contributed by atoms with van der Waals surface area (Å²) >= 11 is 11.2. The number of hydrogen-bond acceptors (Lipinski definition) is 3. The first-order chi connectivity index (χ1) is 7.00. The predicted molar refractivity (Wildman–Crippen MR) is 61.0 cm³/mol. The summed E-state index contributed by atoms with van der Waals surface area (Å²) in [7, 11) is 0. The van der Waals surface area contributed by atoms with Gasteiger partial charge < -0.3 is 11.1 Å². The van der Waals surface area contributed by atoms with E-state index in [2.05, 4.69) is 16.9 Å². The van der Waals surface area contributed by atoms with Crippen molar-refractivity contribution in [3.05, 3.63) is 34.6 Å². The number of halogens is 2. The van der Waals surface area contributed by atoms with Gasteiger partial charge in [-0.2, -0.15) is 0 Å². The Morgan fingerprint density at radius 2 is 2.33 bits per heavy atom. The normalized spacial score (nSPS) is 9.73. The lowest BCUT2D eigenvalue weighted by Gasteiger charge is -2.05. The molecule has 1 heterocycles. The van der Waals surface area contributed by atoms with Gasteiger partial charge in [-0.1, -0.05) is 29.8 Å². The maximum atomic E-state index is 11.5. The third kappa shape index (κ3) is 3.42. The third-order valence-corrected chi connectivity index (χ3v) is 1.98. The van der Waals surface area contributed by atoms with Crippen molar-refractivity contribution in [2.24, 2.45) is 0 Å². The van der Waals surface area contributed by atoms with Crippen molar-refractivity contribution in [2.45, 2.75) is 0 Å². The summed E-state index contributed by atoms with van der Waals surface area (Å²) in [5, 5.41) is 2.94. The van der Waals surface area contributed by atoms with Crippen LogP contribution in [0.4, 0.5) is 5.69 Å². The SMILES string of the molecule is C=C(Cl)CNC(=O)c1cc(N)cnc1Cl. The molecular formula is C9H9Cl2N3O. The highest BCUT2D eigenvalue weighted by atomic mass is 35.5. The van der Waals surface area contributed by atoms with E-state index >= 15 is 0 Å². The number of rotatable bonds is 3. The number of hydrogen-bond donors (Lipinski definition) is 2. The Balaban J connectivity index is 2.81. The molecule has 1 aromatic heterocycles. The topological polar surface area (TPSA) is 68.0 Å². The molecule has 1 amide bonds. The smallest absolute Gasteiger partial charge is 0.254 e. The first kappa shape index (κ1) is 11.8. The van der Waals surface area contributed by atoms with Crippen molar-refractivity contribution in [1.82, 2.24) is 10.3 Å². The number of anilines is 1. The highest BCUT2D eigenvalue weighted by Crippen LogP contribution is 2.15. The number of nitrogen functional groups attached to an aromatic ring is 1. The predicted octanol–water partition coefficient (Wildman–Crippen LogP) is 1.80. The fourth-order valence-corrected chi connectivity index (χ4v) is 1.15. The minimum absolute atomic E-state index is 0.0990. The molecule has 80 valence electrons. The maximum absolute atomic E-state index is 11.5. The molecule has 0 aliphatic carbocycles. The number of nitrogens with two attached hydrogens (primary N) is 1. The van der Waals surface area contributed by atoms with Gasteiger partial charge in [0, 0.05) is 5.03 Å². The molecule has 1 rings (SSSR count). The number of pyridine rings is 1. The number of amides is 1. The first-order valence-corrected chi connectivity index (χ1v) is 4.79. The summed E-state index contributed by atoms with van der Waals surface area (Å²) in [5.41, 5.74) is 6.06. The molecule has 0 aromatic carbocycles. The highest BCUT2D eigenvalue weighted by molar-refractivity contribution is 6.33. The summed E-state index contributed by atoms with van der Waals surface area (Å²) in [5.74, 6) is -0.387. The lowest BCUT2D eigenvalue weighted by Crippen LogP contribution is -2.25. The molecule has 0 aliphatic heterocycles. The lowest BCUT2D eigenvalue weighted by molar-refractivity contribution is 0.0957. The molecule has 4 nitrogen and oxygen atoms in total. The van der Waals surface area contributed by atoms with Gasteiger partial charge in [-0.3, -0.25) is 4.79 Å². The van der Waals surface area contributed by atoms with Crippen LogP contribution in [-0.4, -0.2) is 17.4 Å². The summed E-state index contributed by atoms with van der Waals surface area (Å²) in [6.07, 6.45) is 1.37. The Bertz CT molecular complexity index is 406. The highest BCUT2D eigenvalue weighted by Gasteiger charge is 2.11. The summed E-state index contributed by atoms with van der Waals surface area (Å²) in [4.78, 5) is 15.3. The molecule has 0 saturated carbocycles. The Hall–Kier alpha value is -1.26. The zero-order valence-corrected chi connectivity index (χ0v) is 9.27. The van der Waals surface area contributed by atoms with Crippen molar-refractivity contribution in [1.29, 1.82) is 0 Å². The van der Waals surface area contributed by atoms with Gasteiger partial charge in [0.15, 0.2) is 0 Å². The molecular weight excluding hydrogens is 237 g/mol. The largest absolute Gasteiger partial charge is 0.397 e. The van der Waals surface area contributed by atoms with Crippen LogP contribution in [0.1, 0.15) is 10.4 Å². The van der Waals surface area contributed by atoms with E-state index in [1.807, 2.05) is 0 Å². The maximum Gasteiger partial charge on any atom is 0.254 e. The van der Waals surface area contributed by atoms with Gasteiger partial charge in [-0.05, 0) is 6.07 Å². The molecule has 0 unspecified atom stereocenters. The van der Waals surface area contributed by atoms with E-state index in [-0.39, 0.29) is 23.2 Å². The lowest BCUT2D eigenvalue weighted by atomic mass is 10.2. The summed E-state index contributed by atoms with van der Waals surface area (Å²) in [6.45, 7) is 3.61. The minimum Gasteiger partial charge on any atom is -0.397 e. The van der Waals surface area contributed by atoms with Crippen LogP contribution in [0, 0.1) is 0 Å². The molecule has 0 radical (unpaired) electrons. The number of nitrogens with one attached hydrogen (secondary N) is 1. The van der Waals surface area contributed by atoms with Crippen molar-refractivity contribution < 1.29 is 4.79 Å². The Morgan fingerprint density at radius 1 is 1.67 bits per heavy atom. The van der Waals surface area contributed by atoms with E-state index in [9.17, 15) is 4.79 Å². The van der Waals surface area contributed by atoms with Gasteiger partial charge in [0.2, 0.25) is 0 Å². The van der Waals surface area contributed by atoms with E-state index in [1.54, 1.807) is 0 Å². The van der Waals surface area contributed by atoms with Gasteiger partial charge in [0.05, 0.1) is 24.0 Å². The van der Waals surface area contributed by atoms with Gasteiger partial charge in [-0.15, -0.1) is 0 Å². The molecule has 0 fully saturated rings. The molecule has 0 bridgehead atoms. The van der Waals surface area contributed by atoms with Gasteiger partial charge in [-0.25, -0.2) is 4.98 Å². The Kier molecular flexibility index (Phi) is 3.94. The Labute approximate surface area is 97.1 Å². The fraction of sp³-hybridized carbons (Fsp3) is 0.111. The van der Waals surface area contributed by atoms with Crippen LogP contribution in [-0.2, 0) is 0 Å². The van der Waals surface area contributed by atoms with Gasteiger partial charge >= 0.3 is 0 Å². The van der Waals surface area contributed by atoms with Crippen LogP contribution < -0.4 is 11.1 Å². The fourth-order valence-electron chi connectivity index (χ4n) is 0.895. The van der Waals surface area contributed by atoms with Gasteiger partial charge in [0.1, 0.15) is 5.15 Å². The molecule has 0 aliphatic rings. The number of nitrogens with zero attached hydrogens (tertiary/aromatic N) is 1. The van der Waals surface area contributed by atoms with E-state index in [1.165, 1.54) is 12.3 Å². The van der Waals surface area contributed by atoms with Crippen molar-refractivity contribution in [3.63, 3.8) is 0 Å². The molecule has 0 saturated heterocycles. The standard InChI is InChI=1S/C9H9Cl2N3O/c1-5(10)3-14-9(15)7-2-6(12)4-13-8(7)11/h2,4H,1,3,12H2,(H,14,15). The van der Waals surface area contributed by atoms with Crippen LogP contribution >= 0.6 is 23.2 Å². The van der Waals surface area contributed by atoms with Crippen LogP contribution in [0.25, 0.3) is 0 Å². The zero-order valence-electron chi connectivity index (χ0n) is 7.76. The van der Waals surface area contributed by atoms with Crippen molar-refractivity contribution in [2.75, 3.05) is 12.3 Å². The van der Waals surface area contributed by atoms with E-state index in [0.29, 0.717) is 10.7 Å². The number of aromatic nitrogens is 1. The number of carbonyl (C=O) groups is 1. The summed E-state index contributed by atoms with van der Waals surface area (Å²) < 4.78 is 0. The second kappa shape index (κ2) is 5.00. The van der Waals surface area contributed by atoms with Crippen molar-refractivity contribution >= 4 is 34.8 Å². The third-order valence-electron chi connectivity index (χ3n) is 1.55. The average Bonchev–Trinajstić information content (AvgIpc) is 2.18. The monoisotopic (exact) mass is 245 g/mol. The molecule has 3 N–H and O–H groups in total. The van der Waals surface area contributed by atoms with E-state index in [0.717, 1.165) is 0 Å². The Morgan fingerprint density at radius 3 is 2.93 bits per heavy atom. The molecule has 6 heteroatoms.